The number of nitrogens with one attached hydrogen (secondary N) is 1. The third-order valence-corrected chi connectivity index (χ3v) is 4.80. The number of amides is 1. The highest BCUT2D eigenvalue weighted by molar-refractivity contribution is 5.94. The summed E-state index contributed by atoms with van der Waals surface area (Å²) in [6.45, 7) is 1.85. The number of likely N-dealkylation sites (N-methyl/N-ethyl adjacent to an activating group) is 1. The lowest BCUT2D eigenvalue weighted by Gasteiger charge is -2.31. The molecule has 176 valence electrons. The molecule has 0 aliphatic heterocycles. The Balaban J connectivity index is 2.14. The second-order valence-electron chi connectivity index (χ2n) is 7.34. The summed E-state index contributed by atoms with van der Waals surface area (Å²) < 4.78 is 5.04. The minimum atomic E-state index is -1.19. The molecule has 2 N–H and O–H groups in total. The molecular weight excluding hydrogens is 426 g/mol. The highest BCUT2D eigenvalue weighted by Crippen LogP contribution is 2.13. The summed E-state index contributed by atoms with van der Waals surface area (Å²) in [5.74, 6) is -2.56. The van der Waals surface area contributed by atoms with Crippen molar-refractivity contribution in [2.75, 3.05) is 13.7 Å². The summed E-state index contributed by atoms with van der Waals surface area (Å²) in [7, 11) is 1.35. The molecule has 9 heteroatoms. The average molecular weight is 456 g/mol. The minimum Gasteiger partial charge on any atom is -0.480 e. The van der Waals surface area contributed by atoms with E-state index in [9.17, 15) is 19.5 Å². The number of guanidine groups is 1. The average Bonchev–Trinajstić information content (AvgIpc) is 2.83. The summed E-state index contributed by atoms with van der Waals surface area (Å²) in [4.78, 5) is 43.1. The number of hydroxylamine groups is 2. The molecule has 1 unspecified atom stereocenters. The number of carbonyl (C=O) groups is 3. The standard InChI is InChI=1S/C24H29N3O6/c1-3-16-32-24(31)27(33-21(28)15-14-18-10-6-4-7-11-18)23(25)26(2)20(22(29)30)17-19-12-8-5-9-13-19/h4-13,20,25H,3,14-17H2,1-2H3,(H,29,30). The van der Waals surface area contributed by atoms with Gasteiger partial charge in [-0.15, -0.1) is 0 Å². The third-order valence-electron chi connectivity index (χ3n) is 4.80. The van der Waals surface area contributed by atoms with Crippen molar-refractivity contribution in [3.8, 4) is 0 Å². The molecule has 2 aromatic carbocycles. The topological polar surface area (TPSA) is 120 Å². The first-order valence-corrected chi connectivity index (χ1v) is 10.6. The Labute approximate surface area is 193 Å². The zero-order chi connectivity index (χ0) is 24.2. The number of aliphatic carboxylic acids is 1. The first-order chi connectivity index (χ1) is 15.8. The van der Waals surface area contributed by atoms with Gasteiger partial charge in [-0.1, -0.05) is 72.7 Å². The predicted octanol–water partition coefficient (Wildman–Crippen LogP) is 3.49. The lowest BCUT2D eigenvalue weighted by atomic mass is 10.1. The largest absolute Gasteiger partial charge is 0.480 e. The number of carboxylic acids is 1. The molecule has 0 radical (unpaired) electrons. The molecule has 0 saturated heterocycles. The van der Waals surface area contributed by atoms with Crippen LogP contribution in [0.2, 0.25) is 0 Å². The second-order valence-corrected chi connectivity index (χ2v) is 7.34. The van der Waals surface area contributed by atoms with E-state index >= 15 is 0 Å². The zero-order valence-electron chi connectivity index (χ0n) is 18.8. The van der Waals surface area contributed by atoms with Crippen LogP contribution in [0.1, 0.15) is 30.9 Å². The van der Waals surface area contributed by atoms with Gasteiger partial charge in [-0.25, -0.2) is 14.4 Å². The lowest BCUT2D eigenvalue weighted by Crippen LogP contribution is -2.52. The number of rotatable bonds is 9. The molecule has 1 amide bonds. The van der Waals surface area contributed by atoms with Gasteiger partial charge < -0.3 is 19.6 Å². The summed E-state index contributed by atoms with van der Waals surface area (Å²) in [5.41, 5.74) is 1.65. The molecule has 0 fully saturated rings. The van der Waals surface area contributed by atoms with E-state index < -0.39 is 30.0 Å². The second kappa shape index (κ2) is 12.8. The molecule has 2 rings (SSSR count). The fourth-order valence-electron chi connectivity index (χ4n) is 2.97. The van der Waals surface area contributed by atoms with Crippen LogP contribution >= 0.6 is 0 Å². The normalized spacial score (nSPS) is 11.2. The molecule has 2 aromatic rings. The van der Waals surface area contributed by atoms with Crippen molar-refractivity contribution in [1.82, 2.24) is 9.96 Å². The molecule has 0 aromatic heterocycles. The summed E-state index contributed by atoms with van der Waals surface area (Å²) in [5, 5.41) is 18.5. The van der Waals surface area contributed by atoms with Gasteiger partial charge in [0.2, 0.25) is 5.96 Å². The minimum absolute atomic E-state index is 0.0368. The fraction of sp³-hybridized carbons (Fsp3) is 0.333. The van der Waals surface area contributed by atoms with E-state index in [1.54, 1.807) is 31.2 Å². The highest BCUT2D eigenvalue weighted by atomic mass is 16.8. The van der Waals surface area contributed by atoms with Gasteiger partial charge in [-0.05, 0) is 24.0 Å². The molecule has 0 bridgehead atoms. The summed E-state index contributed by atoms with van der Waals surface area (Å²) >= 11 is 0. The quantitative estimate of drug-likeness (QED) is 0.337. The Kier molecular flexibility index (Phi) is 9.88. The Morgan fingerprint density at radius 2 is 1.58 bits per heavy atom. The fourth-order valence-corrected chi connectivity index (χ4v) is 2.97. The molecule has 0 saturated carbocycles. The van der Waals surface area contributed by atoms with E-state index in [1.807, 2.05) is 36.4 Å². The molecule has 33 heavy (non-hydrogen) atoms. The smallest absolute Gasteiger partial charge is 0.451 e. The molecule has 9 nitrogen and oxygen atoms in total. The summed E-state index contributed by atoms with van der Waals surface area (Å²) in [6, 6.07) is 17.0. The maximum Gasteiger partial charge on any atom is 0.451 e. The number of ether oxygens (including phenoxy) is 1. The van der Waals surface area contributed by atoms with Crippen molar-refractivity contribution < 1.29 is 29.1 Å². The van der Waals surface area contributed by atoms with Gasteiger partial charge in [0, 0.05) is 13.5 Å². The number of benzene rings is 2. The molecule has 0 aliphatic carbocycles. The Hall–Kier alpha value is -3.88. The molecule has 1 atom stereocenters. The van der Waals surface area contributed by atoms with Crippen molar-refractivity contribution in [2.45, 2.75) is 38.6 Å². The van der Waals surface area contributed by atoms with Gasteiger partial charge in [0.15, 0.2) is 0 Å². The monoisotopic (exact) mass is 455 g/mol. The molecule has 0 heterocycles. The number of carboxylic acid groups (broad SMARTS) is 1. The number of carbonyl (C=O) groups excluding carboxylic acids is 2. The molecule has 0 aliphatic rings. The zero-order valence-corrected chi connectivity index (χ0v) is 18.8. The first kappa shape index (κ1) is 25.4. The molecular formula is C24H29N3O6. The van der Waals surface area contributed by atoms with E-state index in [-0.39, 0.29) is 19.4 Å². The van der Waals surface area contributed by atoms with Crippen LogP contribution in [-0.4, -0.2) is 58.8 Å². The van der Waals surface area contributed by atoms with Gasteiger partial charge in [-0.3, -0.25) is 5.41 Å². The van der Waals surface area contributed by atoms with Crippen molar-refractivity contribution in [3.05, 3.63) is 71.8 Å². The Morgan fingerprint density at radius 3 is 2.12 bits per heavy atom. The number of aryl methyl sites for hydroxylation is 1. The first-order valence-electron chi connectivity index (χ1n) is 10.6. The van der Waals surface area contributed by atoms with Crippen LogP contribution in [0.4, 0.5) is 4.79 Å². The number of hydrogen-bond donors (Lipinski definition) is 2. The third kappa shape index (κ3) is 7.95. The van der Waals surface area contributed by atoms with E-state index in [0.717, 1.165) is 16.0 Å². The van der Waals surface area contributed by atoms with E-state index in [0.29, 0.717) is 17.9 Å². The lowest BCUT2D eigenvalue weighted by molar-refractivity contribution is -0.169. The van der Waals surface area contributed by atoms with E-state index in [1.165, 1.54) is 7.05 Å². The van der Waals surface area contributed by atoms with E-state index in [2.05, 4.69) is 0 Å². The SMILES string of the molecule is CCCOC(=O)N(OC(=O)CCc1ccccc1)C(=N)N(C)C(Cc1ccccc1)C(=O)O. The van der Waals surface area contributed by atoms with Crippen molar-refractivity contribution in [2.24, 2.45) is 0 Å². The van der Waals surface area contributed by atoms with Crippen LogP contribution in [0.15, 0.2) is 60.7 Å². The van der Waals surface area contributed by atoms with Gasteiger partial charge in [-0.2, -0.15) is 0 Å². The maximum absolute atomic E-state index is 12.5. The van der Waals surface area contributed by atoms with Crippen LogP contribution in [0, 0.1) is 5.41 Å². The van der Waals surface area contributed by atoms with E-state index in [4.69, 9.17) is 15.0 Å². The van der Waals surface area contributed by atoms with Crippen LogP contribution < -0.4 is 0 Å². The molecule has 0 spiro atoms. The van der Waals surface area contributed by atoms with Crippen molar-refractivity contribution in [3.63, 3.8) is 0 Å². The Bertz CT molecular complexity index is 936. The van der Waals surface area contributed by atoms with Crippen LogP contribution in [-0.2, 0) is 32.0 Å². The predicted molar refractivity (Wildman–Crippen MR) is 121 cm³/mol. The van der Waals surface area contributed by atoms with Crippen LogP contribution in [0.5, 0.6) is 0 Å². The van der Waals surface area contributed by atoms with Gasteiger partial charge in [0.05, 0.1) is 13.0 Å². The van der Waals surface area contributed by atoms with Crippen LogP contribution in [0.3, 0.4) is 0 Å². The highest BCUT2D eigenvalue weighted by Gasteiger charge is 2.33. The van der Waals surface area contributed by atoms with Gasteiger partial charge >= 0.3 is 18.0 Å². The van der Waals surface area contributed by atoms with Gasteiger partial charge in [0.25, 0.3) is 0 Å². The van der Waals surface area contributed by atoms with Gasteiger partial charge in [0.1, 0.15) is 6.04 Å². The van der Waals surface area contributed by atoms with Crippen molar-refractivity contribution in [1.29, 1.82) is 5.41 Å². The maximum atomic E-state index is 12.5. The van der Waals surface area contributed by atoms with Crippen molar-refractivity contribution >= 4 is 24.0 Å². The number of hydrogen-bond acceptors (Lipinski definition) is 6. The number of nitrogens with zero attached hydrogens (tertiary/aromatic N) is 2. The Morgan fingerprint density at radius 1 is 1.00 bits per heavy atom. The summed E-state index contributed by atoms with van der Waals surface area (Å²) in [6.07, 6.45) is -0.117. The van der Waals surface area contributed by atoms with Crippen LogP contribution in [0.25, 0.3) is 0 Å².